The van der Waals surface area contributed by atoms with Crippen LogP contribution in [0.25, 0.3) is 50.2 Å². The predicted octanol–water partition coefficient (Wildman–Crippen LogP) is 7.65. The van der Waals surface area contributed by atoms with Crippen LogP contribution in [0.15, 0.2) is 108 Å². The van der Waals surface area contributed by atoms with Crippen molar-refractivity contribution in [2.24, 2.45) is 0 Å². The summed E-state index contributed by atoms with van der Waals surface area (Å²) in [6, 6.07) is 34.2. The Bertz CT molecular complexity index is 1620. The Hall–Kier alpha value is -3.57. The molecule has 166 valence electrons. The molecule has 0 atom stereocenters. The Labute approximate surface area is 202 Å². The predicted molar refractivity (Wildman–Crippen MR) is 145 cm³/mol. The van der Waals surface area contributed by atoms with Crippen molar-refractivity contribution in [3.05, 3.63) is 103 Å². The number of aromatic nitrogens is 2. The monoisotopic (exact) mass is 504 g/mol. The minimum absolute atomic E-state index is 0.906. The second-order valence-corrected chi connectivity index (χ2v) is 20.4. The molecule has 0 saturated carbocycles. The molecule has 0 saturated heterocycles. The van der Waals surface area contributed by atoms with Crippen LogP contribution >= 0.6 is 0 Å². The standard InChI is InChI=1S/C30H26GeN2O/c1-31(2,3)23-15-18-29-25(19-23)26(20-34-29)30-32-27-11-7-8-12-28(27)33(30)24-16-13-22(14-17-24)21-9-5-4-6-10-21/h4-20H,1-3H3. The number of nitrogens with zero attached hydrogens (tertiary/aromatic N) is 2. The molecule has 0 N–H and O–H groups in total. The van der Waals surface area contributed by atoms with Crippen molar-refractivity contribution in [1.29, 1.82) is 0 Å². The van der Waals surface area contributed by atoms with E-state index in [-0.39, 0.29) is 0 Å². The molecule has 2 heterocycles. The second kappa shape index (κ2) is 8.03. The Morgan fingerprint density at radius 2 is 1.44 bits per heavy atom. The zero-order valence-corrected chi connectivity index (χ0v) is 21.7. The number of imidazole rings is 1. The van der Waals surface area contributed by atoms with Gasteiger partial charge >= 0.3 is 184 Å². The summed E-state index contributed by atoms with van der Waals surface area (Å²) in [5, 5.41) is 1.13. The van der Waals surface area contributed by atoms with Crippen LogP contribution in [0, 0.1) is 0 Å². The van der Waals surface area contributed by atoms with E-state index < -0.39 is 13.3 Å². The summed E-state index contributed by atoms with van der Waals surface area (Å²) in [7, 11) is 0. The van der Waals surface area contributed by atoms with Crippen LogP contribution in [0.2, 0.25) is 17.3 Å². The summed E-state index contributed by atoms with van der Waals surface area (Å²) >= 11 is -2.00. The van der Waals surface area contributed by atoms with Crippen LogP contribution in [0.1, 0.15) is 0 Å². The number of benzene rings is 4. The van der Waals surface area contributed by atoms with Crippen molar-refractivity contribution in [1.82, 2.24) is 9.55 Å². The van der Waals surface area contributed by atoms with Crippen LogP contribution in [0.4, 0.5) is 0 Å². The number of fused-ring (bicyclic) bond motifs is 2. The molecule has 2 aromatic heterocycles. The topological polar surface area (TPSA) is 31.0 Å². The molecule has 0 aliphatic carbocycles. The Balaban J connectivity index is 1.56. The van der Waals surface area contributed by atoms with E-state index in [1.54, 1.807) is 0 Å². The molecule has 0 radical (unpaired) electrons. The van der Waals surface area contributed by atoms with E-state index in [0.29, 0.717) is 0 Å². The maximum atomic E-state index is 6.00. The second-order valence-electron chi connectivity index (χ2n) is 9.78. The molecule has 34 heavy (non-hydrogen) atoms. The summed E-state index contributed by atoms with van der Waals surface area (Å²) in [4.78, 5) is 5.07. The quantitative estimate of drug-likeness (QED) is 0.232. The van der Waals surface area contributed by atoms with E-state index in [9.17, 15) is 0 Å². The average Bonchev–Trinajstić information content (AvgIpc) is 3.45. The first-order valence-corrected chi connectivity index (χ1v) is 19.0. The van der Waals surface area contributed by atoms with Crippen molar-refractivity contribution in [2.75, 3.05) is 0 Å². The minimum atomic E-state index is -2.00. The summed E-state index contributed by atoms with van der Waals surface area (Å²) in [6.07, 6.45) is 1.86. The van der Waals surface area contributed by atoms with Crippen molar-refractivity contribution < 1.29 is 4.42 Å². The molecule has 0 fully saturated rings. The Morgan fingerprint density at radius 3 is 2.21 bits per heavy atom. The molecule has 0 bridgehead atoms. The van der Waals surface area contributed by atoms with E-state index in [1.807, 2.05) is 18.4 Å². The first kappa shape index (κ1) is 21.0. The number of rotatable bonds is 4. The molecule has 4 heteroatoms. The van der Waals surface area contributed by atoms with Crippen LogP contribution < -0.4 is 4.40 Å². The van der Waals surface area contributed by atoms with Crippen LogP contribution in [-0.2, 0) is 0 Å². The molecule has 0 aliphatic heterocycles. The van der Waals surface area contributed by atoms with E-state index in [0.717, 1.165) is 39.1 Å². The van der Waals surface area contributed by atoms with Crippen LogP contribution in [0.5, 0.6) is 0 Å². The number of para-hydroxylation sites is 2. The van der Waals surface area contributed by atoms with Gasteiger partial charge in [0.25, 0.3) is 0 Å². The SMILES string of the molecule is [CH3][Ge]([CH3])([CH3])[c]1ccc2occ(-c3nc4ccccc4n3-c3ccc(-c4ccccc4)cc3)c2c1. The average molecular weight is 503 g/mol. The third-order valence-corrected chi connectivity index (χ3v) is 10.8. The summed E-state index contributed by atoms with van der Waals surface area (Å²) < 4.78 is 9.72. The van der Waals surface area contributed by atoms with Crippen molar-refractivity contribution in [3.8, 4) is 28.2 Å². The fourth-order valence-electron chi connectivity index (χ4n) is 4.57. The first-order valence-electron chi connectivity index (χ1n) is 11.6. The van der Waals surface area contributed by atoms with Gasteiger partial charge in [0.15, 0.2) is 0 Å². The third-order valence-electron chi connectivity index (χ3n) is 6.47. The van der Waals surface area contributed by atoms with Gasteiger partial charge in [-0.25, -0.2) is 0 Å². The van der Waals surface area contributed by atoms with E-state index in [2.05, 4.69) is 107 Å². The Morgan fingerprint density at radius 1 is 0.735 bits per heavy atom. The van der Waals surface area contributed by atoms with Crippen LogP contribution in [0.3, 0.4) is 0 Å². The summed E-state index contributed by atoms with van der Waals surface area (Å²) in [6.45, 7) is 0. The van der Waals surface area contributed by atoms with Gasteiger partial charge in [-0.3, -0.25) is 0 Å². The van der Waals surface area contributed by atoms with Gasteiger partial charge in [0.1, 0.15) is 0 Å². The maximum absolute atomic E-state index is 6.00. The van der Waals surface area contributed by atoms with Gasteiger partial charge in [0.2, 0.25) is 0 Å². The summed E-state index contributed by atoms with van der Waals surface area (Å²) in [5.41, 5.74) is 7.50. The van der Waals surface area contributed by atoms with E-state index in [1.165, 1.54) is 15.5 Å². The Kier molecular flexibility index (Phi) is 4.96. The molecule has 3 nitrogen and oxygen atoms in total. The molecule has 0 unspecified atom stereocenters. The van der Waals surface area contributed by atoms with Gasteiger partial charge < -0.3 is 0 Å². The third kappa shape index (κ3) is 3.57. The first-order chi connectivity index (χ1) is 16.5. The van der Waals surface area contributed by atoms with Gasteiger partial charge in [0, 0.05) is 0 Å². The normalized spacial score (nSPS) is 12.0. The summed E-state index contributed by atoms with van der Waals surface area (Å²) in [5.74, 6) is 8.17. The van der Waals surface area contributed by atoms with E-state index in [4.69, 9.17) is 9.40 Å². The van der Waals surface area contributed by atoms with Gasteiger partial charge in [-0.05, 0) is 0 Å². The number of furan rings is 1. The van der Waals surface area contributed by atoms with Crippen molar-refractivity contribution >= 4 is 39.7 Å². The van der Waals surface area contributed by atoms with Gasteiger partial charge in [-0.1, -0.05) is 18.2 Å². The molecule has 0 aliphatic rings. The van der Waals surface area contributed by atoms with Gasteiger partial charge in [0.05, 0.1) is 0 Å². The molecular weight excluding hydrogens is 477 g/mol. The molecule has 0 spiro atoms. The van der Waals surface area contributed by atoms with Crippen molar-refractivity contribution in [3.63, 3.8) is 0 Å². The zero-order valence-electron chi connectivity index (χ0n) is 19.6. The fraction of sp³-hybridized carbons (Fsp3) is 0.100. The fourth-order valence-corrected chi connectivity index (χ4v) is 7.01. The molecule has 6 aromatic rings. The molecule has 0 amide bonds. The van der Waals surface area contributed by atoms with Gasteiger partial charge in [-0.15, -0.1) is 0 Å². The molecular formula is C30H26GeN2O. The zero-order chi connectivity index (χ0) is 23.3. The number of hydrogen-bond acceptors (Lipinski definition) is 2. The number of hydrogen-bond donors (Lipinski definition) is 0. The van der Waals surface area contributed by atoms with Crippen LogP contribution in [-0.4, -0.2) is 22.8 Å². The van der Waals surface area contributed by atoms with Crippen molar-refractivity contribution in [2.45, 2.75) is 17.3 Å². The molecule has 6 rings (SSSR count). The van der Waals surface area contributed by atoms with E-state index >= 15 is 0 Å². The van der Waals surface area contributed by atoms with Gasteiger partial charge in [-0.2, -0.15) is 0 Å². The molecule has 4 aromatic carbocycles.